The predicted molar refractivity (Wildman–Crippen MR) is 236 cm³/mol. The lowest BCUT2D eigenvalue weighted by molar-refractivity contribution is -0.150. The zero-order valence-corrected chi connectivity index (χ0v) is 36.7. The number of imidazole rings is 2. The number of H-pyrrole nitrogens is 2. The first-order chi connectivity index (χ1) is 31.7. The van der Waals surface area contributed by atoms with Crippen LogP contribution >= 0.6 is 0 Å². The van der Waals surface area contributed by atoms with Crippen LogP contribution in [0.2, 0.25) is 0 Å². The highest BCUT2D eigenvalue weighted by molar-refractivity contribution is 5.89. The Morgan fingerprint density at radius 3 is 1.89 bits per heavy atom. The number of carbonyl (C=O) groups is 4. The van der Waals surface area contributed by atoms with Crippen molar-refractivity contribution < 1.29 is 42.5 Å². The lowest BCUT2D eigenvalue weighted by Gasteiger charge is -2.35. The van der Waals surface area contributed by atoms with E-state index in [4.69, 9.17) is 33.3 Å². The van der Waals surface area contributed by atoms with Gasteiger partial charge in [0.2, 0.25) is 11.8 Å². The Kier molecular flexibility index (Phi) is 11.0. The molecule has 2 saturated carbocycles. The molecule has 5 aromatic rings. The molecule has 65 heavy (non-hydrogen) atoms. The standard InChI is InChI=1S/C49H55N7O9/c1-61-43(57)23-34(26-9-13-63-14-10-26)47(58)55-37-18-31(37)20-39(55)45-51-25-36(53-45)30-7-8-41-33(17-30)22-42(65-41)28-5-3-27(4-6-28)35-24-50-46(52-35)40-21-32-19-38(32)56(40)48(59)44(54-49(60)62-2)29-11-15-64-16-12-29/h3-8,17,22,24-26,29,31-32,34,37-40,44H,9-16,18-21,23H2,1-2H3,(H,50,52)(H,51,53)(H,54,60)/t31-,32-,34+,37-,38-,39+,40?,44+/m1/s1. The van der Waals surface area contributed by atoms with Gasteiger partial charge in [-0.25, -0.2) is 14.8 Å². The number of furan rings is 1. The third-order valence-corrected chi connectivity index (χ3v) is 15.1. The van der Waals surface area contributed by atoms with Gasteiger partial charge in [0.15, 0.2) is 0 Å². The van der Waals surface area contributed by atoms with E-state index < -0.39 is 18.1 Å². The molecule has 11 rings (SSSR count). The topological polar surface area (TPSA) is 194 Å². The SMILES string of the molecule is COC(=O)C[C@H](C(=O)N1[C@@H]2C[C@@H]2C[C@H]1c1ncc(-c2ccc3oc(-c4ccc(-c5cnc(C6C[C@H]7C[C@H]7N6C(=O)[C@@H](NC(=O)OC)C6CCOCC6)[nH]5)cc4)cc3c2)[nH]1)C1CCOCC1. The second-order valence-corrected chi connectivity index (χ2v) is 18.8. The average Bonchev–Trinajstić information content (AvgIpc) is 3.80. The molecule has 1 unspecified atom stereocenters. The van der Waals surface area contributed by atoms with E-state index >= 15 is 0 Å². The normalized spacial score (nSPS) is 26.1. The number of nitrogens with zero attached hydrogens (tertiary/aromatic N) is 4. The summed E-state index contributed by atoms with van der Waals surface area (Å²) >= 11 is 0. The van der Waals surface area contributed by atoms with Crippen LogP contribution in [0.1, 0.15) is 81.5 Å². The number of aromatic amines is 2. The van der Waals surface area contributed by atoms with Crippen molar-refractivity contribution in [3.63, 3.8) is 0 Å². The van der Waals surface area contributed by atoms with Crippen molar-refractivity contribution >= 4 is 34.8 Å². The number of aromatic nitrogens is 4. The number of benzene rings is 2. The third-order valence-electron chi connectivity index (χ3n) is 15.1. The molecule has 6 fully saturated rings. The molecule has 0 radical (unpaired) electrons. The van der Waals surface area contributed by atoms with Gasteiger partial charge in [0.1, 0.15) is 29.0 Å². The maximum Gasteiger partial charge on any atom is 0.407 e. The first-order valence-electron chi connectivity index (χ1n) is 23.2. The summed E-state index contributed by atoms with van der Waals surface area (Å²) in [4.78, 5) is 74.1. The Hall–Kier alpha value is -6.00. The lowest BCUT2D eigenvalue weighted by atomic mass is 9.82. The van der Waals surface area contributed by atoms with Crippen LogP contribution in [0, 0.1) is 29.6 Å². The summed E-state index contributed by atoms with van der Waals surface area (Å²) in [6.07, 6.45) is 9.67. The maximum absolute atomic E-state index is 14.3. The van der Waals surface area contributed by atoms with Crippen molar-refractivity contribution in [2.24, 2.45) is 29.6 Å². The summed E-state index contributed by atoms with van der Waals surface area (Å²) in [6.45, 7) is 2.32. The van der Waals surface area contributed by atoms with Gasteiger partial charge in [0.05, 0.1) is 62.4 Å². The van der Waals surface area contributed by atoms with Crippen molar-refractivity contribution in [2.45, 2.75) is 88.0 Å². The summed E-state index contributed by atoms with van der Waals surface area (Å²) < 4.78 is 27.4. The fourth-order valence-corrected chi connectivity index (χ4v) is 11.3. The van der Waals surface area contributed by atoms with Crippen LogP contribution in [0.25, 0.3) is 44.8 Å². The highest BCUT2D eigenvalue weighted by atomic mass is 16.5. The molecule has 4 aliphatic heterocycles. The summed E-state index contributed by atoms with van der Waals surface area (Å²) in [6, 6.07) is 15.5. The van der Waals surface area contributed by atoms with Gasteiger partial charge in [-0.1, -0.05) is 24.3 Å². The molecule has 340 valence electrons. The van der Waals surface area contributed by atoms with E-state index in [9.17, 15) is 19.2 Å². The Bertz CT molecular complexity index is 2590. The monoisotopic (exact) mass is 885 g/mol. The van der Waals surface area contributed by atoms with E-state index in [2.05, 4.69) is 21.4 Å². The minimum atomic E-state index is -0.682. The van der Waals surface area contributed by atoms with Crippen LogP contribution in [0.3, 0.4) is 0 Å². The fourth-order valence-electron chi connectivity index (χ4n) is 11.3. The molecule has 16 nitrogen and oxygen atoms in total. The van der Waals surface area contributed by atoms with Gasteiger partial charge in [0, 0.05) is 55.0 Å². The van der Waals surface area contributed by atoms with Gasteiger partial charge < -0.3 is 48.4 Å². The zero-order valence-electron chi connectivity index (χ0n) is 36.7. The van der Waals surface area contributed by atoms with Gasteiger partial charge in [-0.3, -0.25) is 14.4 Å². The molecule has 8 atom stereocenters. The van der Waals surface area contributed by atoms with E-state index in [1.807, 2.05) is 64.7 Å². The second-order valence-electron chi connectivity index (χ2n) is 18.8. The number of amides is 3. The van der Waals surface area contributed by atoms with Crippen LogP contribution in [-0.2, 0) is 33.3 Å². The molecule has 16 heteroatoms. The van der Waals surface area contributed by atoms with E-state index in [1.54, 1.807) is 0 Å². The van der Waals surface area contributed by atoms with Gasteiger partial charge >= 0.3 is 12.1 Å². The van der Waals surface area contributed by atoms with Gasteiger partial charge in [-0.2, -0.15) is 0 Å². The van der Waals surface area contributed by atoms with Gasteiger partial charge in [0.25, 0.3) is 0 Å². The number of piperidine rings is 2. The van der Waals surface area contributed by atoms with Crippen LogP contribution in [0.5, 0.6) is 0 Å². The summed E-state index contributed by atoms with van der Waals surface area (Å²) in [5, 5.41) is 3.80. The van der Waals surface area contributed by atoms with Crippen molar-refractivity contribution in [1.82, 2.24) is 35.1 Å². The van der Waals surface area contributed by atoms with E-state index in [0.29, 0.717) is 51.1 Å². The van der Waals surface area contributed by atoms with Gasteiger partial charge in [-0.15, -0.1) is 0 Å². The van der Waals surface area contributed by atoms with Crippen LogP contribution in [0.4, 0.5) is 4.79 Å². The minimum Gasteiger partial charge on any atom is -0.469 e. The Labute approximate surface area is 376 Å². The highest BCUT2D eigenvalue weighted by Crippen LogP contribution is 2.55. The second kappa shape index (κ2) is 17.1. The van der Waals surface area contributed by atoms with Crippen LogP contribution < -0.4 is 5.32 Å². The summed E-state index contributed by atoms with van der Waals surface area (Å²) in [5.74, 6) is 2.32. The van der Waals surface area contributed by atoms with E-state index in [-0.39, 0.29) is 60.2 Å². The third kappa shape index (κ3) is 7.98. The Balaban J connectivity index is 0.776. The van der Waals surface area contributed by atoms with Crippen molar-refractivity contribution in [3.8, 4) is 33.8 Å². The van der Waals surface area contributed by atoms with Crippen molar-refractivity contribution in [2.75, 3.05) is 40.6 Å². The number of ether oxygens (including phenoxy) is 4. The molecule has 2 aromatic carbocycles. The molecule has 4 saturated heterocycles. The average molecular weight is 886 g/mol. The smallest absolute Gasteiger partial charge is 0.407 e. The molecular weight excluding hydrogens is 831 g/mol. The minimum absolute atomic E-state index is 0.0250. The van der Waals surface area contributed by atoms with E-state index in [0.717, 1.165) is 95.0 Å². The van der Waals surface area contributed by atoms with Crippen molar-refractivity contribution in [3.05, 3.63) is 72.6 Å². The predicted octanol–water partition coefficient (Wildman–Crippen LogP) is 6.96. The quantitative estimate of drug-likeness (QED) is 0.110. The number of fused-ring (bicyclic) bond motifs is 3. The van der Waals surface area contributed by atoms with E-state index in [1.165, 1.54) is 14.2 Å². The number of carbonyl (C=O) groups excluding carboxylic acids is 4. The van der Waals surface area contributed by atoms with Crippen LogP contribution in [0.15, 0.2) is 65.3 Å². The molecule has 3 amide bonds. The zero-order chi connectivity index (χ0) is 44.3. The maximum atomic E-state index is 14.3. The highest BCUT2D eigenvalue weighted by Gasteiger charge is 2.58. The molecule has 0 bridgehead atoms. The largest absolute Gasteiger partial charge is 0.469 e. The number of alkyl carbamates (subject to hydrolysis) is 1. The number of esters is 1. The first-order valence-corrected chi connectivity index (χ1v) is 23.2. The number of hydrogen-bond donors (Lipinski definition) is 3. The van der Waals surface area contributed by atoms with Gasteiger partial charge in [-0.05, 0) is 105 Å². The molecule has 6 aliphatic rings. The fraction of sp³-hybridized carbons (Fsp3) is 0.510. The number of nitrogens with one attached hydrogen (secondary N) is 3. The summed E-state index contributed by atoms with van der Waals surface area (Å²) in [5.41, 5.74) is 5.31. The summed E-state index contributed by atoms with van der Waals surface area (Å²) in [7, 11) is 2.70. The number of hydrogen-bond acceptors (Lipinski definition) is 11. The first kappa shape index (κ1) is 41.7. The number of methoxy groups -OCH3 is 2. The lowest BCUT2D eigenvalue weighted by Crippen LogP contribution is -2.54. The van der Waals surface area contributed by atoms with Crippen LogP contribution in [-0.4, -0.2) is 112 Å². The Morgan fingerprint density at radius 2 is 1.28 bits per heavy atom. The Morgan fingerprint density at radius 1 is 0.708 bits per heavy atom. The molecule has 3 N–H and O–H groups in total. The number of likely N-dealkylation sites (tertiary alicyclic amines) is 2. The molecule has 3 aromatic heterocycles. The number of rotatable bonds is 12. The molecule has 0 spiro atoms. The molecule has 7 heterocycles. The molecule has 2 aliphatic carbocycles. The van der Waals surface area contributed by atoms with Crippen molar-refractivity contribution in [1.29, 1.82) is 0 Å². The molecular formula is C49H55N7O9.